The second-order valence-electron chi connectivity index (χ2n) is 7.83. The van der Waals surface area contributed by atoms with Crippen molar-refractivity contribution in [3.8, 4) is 0 Å². The monoisotopic (exact) mass is 409 g/mol. The van der Waals surface area contributed by atoms with E-state index in [9.17, 15) is 9.59 Å². The third-order valence-corrected chi connectivity index (χ3v) is 6.01. The molecule has 2 N–H and O–H groups in total. The standard InChI is InChI=1S/C23H24ClN3O2/c1-14-11-19(14)21(15-7-9-18(24)10-8-15)26-23(29)25-13-17-12-16-5-3-4-6-20(16)27(2)22(17)28/h3-10,12,14,19,21H,11,13H2,1-2H3,(H2,25,26,29). The van der Waals surface area contributed by atoms with E-state index in [2.05, 4.69) is 17.6 Å². The van der Waals surface area contributed by atoms with Gasteiger partial charge >= 0.3 is 6.03 Å². The molecule has 5 nitrogen and oxygen atoms in total. The van der Waals surface area contributed by atoms with Crippen LogP contribution in [0.5, 0.6) is 0 Å². The van der Waals surface area contributed by atoms with Gasteiger partial charge in [-0.15, -0.1) is 0 Å². The first-order chi connectivity index (χ1) is 13.9. The number of urea groups is 1. The van der Waals surface area contributed by atoms with Crippen molar-refractivity contribution in [1.82, 2.24) is 15.2 Å². The van der Waals surface area contributed by atoms with E-state index in [4.69, 9.17) is 11.6 Å². The number of nitrogens with zero attached hydrogens (tertiary/aromatic N) is 1. The number of carbonyl (C=O) groups excluding carboxylic acids is 1. The Hall–Kier alpha value is -2.79. The Bertz CT molecular complexity index is 1110. The minimum Gasteiger partial charge on any atom is -0.334 e. The molecule has 1 fully saturated rings. The van der Waals surface area contributed by atoms with Gasteiger partial charge in [-0.1, -0.05) is 48.9 Å². The number of halogens is 1. The van der Waals surface area contributed by atoms with Gasteiger partial charge in [0.05, 0.1) is 11.6 Å². The molecular formula is C23H24ClN3O2. The summed E-state index contributed by atoms with van der Waals surface area (Å²) < 4.78 is 1.62. The van der Waals surface area contributed by atoms with Gasteiger partial charge in [-0.25, -0.2) is 4.79 Å². The summed E-state index contributed by atoms with van der Waals surface area (Å²) in [5, 5.41) is 7.58. The number of hydrogen-bond donors (Lipinski definition) is 2. The van der Waals surface area contributed by atoms with Crippen LogP contribution in [0.2, 0.25) is 5.02 Å². The number of fused-ring (bicyclic) bond motifs is 1. The van der Waals surface area contributed by atoms with Crippen LogP contribution in [-0.4, -0.2) is 10.6 Å². The highest BCUT2D eigenvalue weighted by molar-refractivity contribution is 6.30. The summed E-state index contributed by atoms with van der Waals surface area (Å²) in [6, 6.07) is 16.8. The van der Waals surface area contributed by atoms with Crippen LogP contribution >= 0.6 is 11.6 Å². The van der Waals surface area contributed by atoms with Crippen LogP contribution in [0.4, 0.5) is 4.79 Å². The van der Waals surface area contributed by atoms with E-state index in [0.29, 0.717) is 22.4 Å². The summed E-state index contributed by atoms with van der Waals surface area (Å²) >= 11 is 6.00. The molecule has 1 aliphatic rings. The largest absolute Gasteiger partial charge is 0.334 e. The Morgan fingerprint density at radius 3 is 2.59 bits per heavy atom. The predicted octanol–water partition coefficient (Wildman–Crippen LogP) is 4.39. The average Bonchev–Trinajstić information content (AvgIpc) is 3.45. The Morgan fingerprint density at radius 1 is 1.21 bits per heavy atom. The molecule has 0 spiro atoms. The zero-order valence-electron chi connectivity index (χ0n) is 16.5. The molecule has 6 heteroatoms. The minimum atomic E-state index is -0.278. The van der Waals surface area contributed by atoms with E-state index in [1.165, 1.54) is 0 Å². The van der Waals surface area contributed by atoms with Gasteiger partial charge in [0.25, 0.3) is 5.56 Å². The highest BCUT2D eigenvalue weighted by Gasteiger charge is 2.40. The molecule has 29 heavy (non-hydrogen) atoms. The number of hydrogen-bond acceptors (Lipinski definition) is 2. The van der Waals surface area contributed by atoms with Crippen molar-refractivity contribution in [3.05, 3.63) is 81.1 Å². The van der Waals surface area contributed by atoms with Gasteiger partial charge in [0.1, 0.15) is 0 Å². The molecule has 2 aromatic carbocycles. The normalized spacial score (nSPS) is 19.0. The lowest BCUT2D eigenvalue weighted by atomic mass is 10.0. The number of para-hydroxylation sites is 1. The Morgan fingerprint density at radius 2 is 1.90 bits per heavy atom. The molecule has 4 rings (SSSR count). The average molecular weight is 410 g/mol. The maximum Gasteiger partial charge on any atom is 0.315 e. The van der Waals surface area contributed by atoms with Crippen molar-refractivity contribution in [1.29, 1.82) is 0 Å². The van der Waals surface area contributed by atoms with E-state index >= 15 is 0 Å². The fourth-order valence-electron chi connectivity index (χ4n) is 3.91. The Labute approximate surface area is 174 Å². The molecule has 0 saturated heterocycles. The van der Waals surface area contributed by atoms with Crippen LogP contribution in [0, 0.1) is 11.8 Å². The summed E-state index contributed by atoms with van der Waals surface area (Å²) in [4.78, 5) is 25.2. The molecule has 1 aliphatic carbocycles. The lowest BCUT2D eigenvalue weighted by Gasteiger charge is -2.20. The Balaban J connectivity index is 1.48. The van der Waals surface area contributed by atoms with Crippen molar-refractivity contribution in [2.24, 2.45) is 18.9 Å². The first-order valence-corrected chi connectivity index (χ1v) is 10.2. The number of rotatable bonds is 5. The van der Waals surface area contributed by atoms with Gasteiger partial charge < -0.3 is 15.2 Å². The van der Waals surface area contributed by atoms with Gasteiger partial charge in [-0.2, -0.15) is 0 Å². The number of benzene rings is 2. The molecule has 3 unspecified atom stereocenters. The molecule has 1 aromatic heterocycles. The number of carbonyl (C=O) groups is 1. The topological polar surface area (TPSA) is 63.1 Å². The summed E-state index contributed by atoms with van der Waals surface area (Å²) in [5.74, 6) is 0.985. The second-order valence-corrected chi connectivity index (χ2v) is 8.26. The fourth-order valence-corrected chi connectivity index (χ4v) is 4.03. The van der Waals surface area contributed by atoms with Gasteiger partial charge in [-0.05, 0) is 53.5 Å². The van der Waals surface area contributed by atoms with Crippen LogP contribution < -0.4 is 16.2 Å². The van der Waals surface area contributed by atoms with Gasteiger partial charge in [-0.3, -0.25) is 4.79 Å². The molecule has 150 valence electrons. The third kappa shape index (κ3) is 4.15. The molecule has 0 radical (unpaired) electrons. The Kier molecular flexibility index (Phi) is 5.33. The lowest BCUT2D eigenvalue weighted by molar-refractivity contribution is 0.234. The van der Waals surface area contributed by atoms with E-state index in [-0.39, 0.29) is 24.2 Å². The van der Waals surface area contributed by atoms with Crippen LogP contribution in [0.25, 0.3) is 10.9 Å². The van der Waals surface area contributed by atoms with Crippen molar-refractivity contribution in [3.63, 3.8) is 0 Å². The van der Waals surface area contributed by atoms with Crippen molar-refractivity contribution < 1.29 is 4.79 Å². The summed E-state index contributed by atoms with van der Waals surface area (Å²) in [6.45, 7) is 2.36. The smallest absolute Gasteiger partial charge is 0.315 e. The first kappa shape index (κ1) is 19.5. The molecule has 1 heterocycles. The zero-order valence-corrected chi connectivity index (χ0v) is 17.2. The maximum absolute atomic E-state index is 12.6. The fraction of sp³-hybridized carbons (Fsp3) is 0.304. The zero-order chi connectivity index (χ0) is 20.5. The summed E-state index contributed by atoms with van der Waals surface area (Å²) in [6.07, 6.45) is 1.08. The van der Waals surface area contributed by atoms with Crippen molar-refractivity contribution in [2.75, 3.05) is 0 Å². The molecule has 1 saturated carbocycles. The molecule has 0 bridgehead atoms. The minimum absolute atomic E-state index is 0.0679. The maximum atomic E-state index is 12.6. The lowest BCUT2D eigenvalue weighted by Crippen LogP contribution is -2.39. The van der Waals surface area contributed by atoms with Crippen LogP contribution in [0.1, 0.15) is 30.5 Å². The number of aromatic nitrogens is 1. The van der Waals surface area contributed by atoms with E-state index in [1.807, 2.05) is 54.6 Å². The van der Waals surface area contributed by atoms with Gasteiger partial charge in [0, 0.05) is 24.2 Å². The van der Waals surface area contributed by atoms with Gasteiger partial charge in [0.2, 0.25) is 0 Å². The number of pyridine rings is 1. The second kappa shape index (κ2) is 7.91. The molecule has 0 aliphatic heterocycles. The molecule has 2 amide bonds. The van der Waals surface area contributed by atoms with E-state index in [1.54, 1.807) is 11.6 Å². The van der Waals surface area contributed by atoms with Crippen molar-refractivity contribution in [2.45, 2.75) is 25.9 Å². The summed E-state index contributed by atoms with van der Waals surface area (Å²) in [5.41, 5.74) is 2.37. The van der Waals surface area contributed by atoms with Gasteiger partial charge in [0.15, 0.2) is 0 Å². The highest BCUT2D eigenvalue weighted by Crippen LogP contribution is 2.47. The molecule has 3 atom stereocenters. The molecular weight excluding hydrogens is 386 g/mol. The number of aryl methyl sites for hydroxylation is 1. The van der Waals surface area contributed by atoms with Crippen LogP contribution in [0.3, 0.4) is 0 Å². The van der Waals surface area contributed by atoms with Crippen LogP contribution in [-0.2, 0) is 13.6 Å². The number of nitrogens with one attached hydrogen (secondary N) is 2. The van der Waals surface area contributed by atoms with Crippen molar-refractivity contribution >= 4 is 28.5 Å². The van der Waals surface area contributed by atoms with E-state index < -0.39 is 0 Å². The first-order valence-electron chi connectivity index (χ1n) is 9.81. The molecule has 3 aromatic rings. The number of amides is 2. The summed E-state index contributed by atoms with van der Waals surface area (Å²) in [7, 11) is 1.75. The van der Waals surface area contributed by atoms with E-state index in [0.717, 1.165) is 22.9 Å². The SMILES string of the molecule is CC1CC1C(NC(=O)NCc1cc2ccccc2n(C)c1=O)c1ccc(Cl)cc1. The highest BCUT2D eigenvalue weighted by atomic mass is 35.5. The van der Waals surface area contributed by atoms with Crippen LogP contribution in [0.15, 0.2) is 59.4 Å². The third-order valence-electron chi connectivity index (χ3n) is 5.76. The predicted molar refractivity (Wildman–Crippen MR) is 116 cm³/mol. The quantitative estimate of drug-likeness (QED) is 0.656.